The van der Waals surface area contributed by atoms with Gasteiger partial charge in [0.15, 0.2) is 11.5 Å². The predicted octanol–water partition coefficient (Wildman–Crippen LogP) is 4.24. The van der Waals surface area contributed by atoms with E-state index in [1.165, 1.54) is 43.4 Å². The molecule has 10 nitrogen and oxygen atoms in total. The van der Waals surface area contributed by atoms with Gasteiger partial charge in [-0.15, -0.1) is 0 Å². The maximum absolute atomic E-state index is 13.3. The van der Waals surface area contributed by atoms with Crippen LogP contribution in [0.1, 0.15) is 22.7 Å². The number of non-ortho nitro benzene ring substituents is 1. The number of likely N-dealkylation sites (tertiary alicyclic amines) is 1. The number of aliphatic hydroxyl groups is 1. The minimum atomic E-state index is -0.961. The Morgan fingerprint density at radius 2 is 1.57 bits per heavy atom. The van der Waals surface area contributed by atoms with Crippen molar-refractivity contribution < 1.29 is 33.8 Å². The third kappa shape index (κ3) is 4.81. The Labute approximate surface area is 212 Å². The third-order valence-electron chi connectivity index (χ3n) is 6.13. The monoisotopic (exact) mass is 504 g/mol. The molecular weight excluding hydrogens is 480 g/mol. The van der Waals surface area contributed by atoms with Gasteiger partial charge in [-0.1, -0.05) is 18.2 Å². The molecule has 0 aromatic heterocycles. The molecule has 3 aromatic carbocycles. The Kier molecular flexibility index (Phi) is 7.10. The van der Waals surface area contributed by atoms with Gasteiger partial charge in [0.1, 0.15) is 11.5 Å². The summed E-state index contributed by atoms with van der Waals surface area (Å²) >= 11 is 0. The Morgan fingerprint density at radius 1 is 0.919 bits per heavy atom. The fraction of sp³-hybridized carbons (Fsp3) is 0.185. The third-order valence-corrected chi connectivity index (χ3v) is 6.13. The van der Waals surface area contributed by atoms with Gasteiger partial charge in [0.2, 0.25) is 0 Å². The van der Waals surface area contributed by atoms with Gasteiger partial charge in [-0.25, -0.2) is 0 Å². The number of nitro benzene ring substituents is 1. The maximum atomic E-state index is 13.3. The normalized spacial score (nSPS) is 16.5. The number of nitro groups is 1. The Morgan fingerprint density at radius 3 is 2.14 bits per heavy atom. The van der Waals surface area contributed by atoms with Gasteiger partial charge in [-0.05, 0) is 47.5 Å². The van der Waals surface area contributed by atoms with Crippen LogP contribution in [0, 0.1) is 10.1 Å². The summed E-state index contributed by atoms with van der Waals surface area (Å²) in [6.07, 6.45) is 0. The van der Waals surface area contributed by atoms with E-state index in [2.05, 4.69) is 0 Å². The number of aliphatic hydroxyl groups excluding tert-OH is 1. The van der Waals surface area contributed by atoms with E-state index in [9.17, 15) is 24.8 Å². The summed E-state index contributed by atoms with van der Waals surface area (Å²) in [6.45, 7) is 0.0740. The van der Waals surface area contributed by atoms with Gasteiger partial charge in [0.25, 0.3) is 17.4 Å². The number of rotatable bonds is 8. The largest absolute Gasteiger partial charge is 0.507 e. The molecule has 1 unspecified atom stereocenters. The highest BCUT2D eigenvalue weighted by molar-refractivity contribution is 6.46. The van der Waals surface area contributed by atoms with Crippen molar-refractivity contribution in [3.8, 4) is 17.2 Å². The molecule has 0 radical (unpaired) electrons. The number of benzene rings is 3. The van der Waals surface area contributed by atoms with E-state index in [0.717, 1.165) is 5.56 Å². The van der Waals surface area contributed by atoms with Crippen molar-refractivity contribution in [1.29, 1.82) is 0 Å². The molecule has 1 atom stereocenters. The number of carbonyl (C=O) groups excluding carboxylic acids is 2. The highest BCUT2D eigenvalue weighted by Crippen LogP contribution is 2.42. The van der Waals surface area contributed by atoms with Crippen LogP contribution in [0.3, 0.4) is 0 Å². The van der Waals surface area contributed by atoms with Crippen LogP contribution in [0.15, 0.2) is 72.3 Å². The molecule has 1 N–H and O–H groups in total. The fourth-order valence-corrected chi connectivity index (χ4v) is 4.24. The molecule has 190 valence electrons. The van der Waals surface area contributed by atoms with E-state index in [-0.39, 0.29) is 23.4 Å². The second kappa shape index (κ2) is 10.4. The van der Waals surface area contributed by atoms with Crippen molar-refractivity contribution in [3.63, 3.8) is 0 Å². The molecule has 1 heterocycles. The van der Waals surface area contributed by atoms with Crippen molar-refractivity contribution >= 4 is 23.1 Å². The van der Waals surface area contributed by atoms with Gasteiger partial charge >= 0.3 is 0 Å². The smallest absolute Gasteiger partial charge is 0.295 e. The van der Waals surface area contributed by atoms with Gasteiger partial charge in [0.05, 0.1) is 37.9 Å². The van der Waals surface area contributed by atoms with Crippen LogP contribution in [-0.2, 0) is 16.1 Å². The molecule has 1 amide bonds. The van der Waals surface area contributed by atoms with E-state index >= 15 is 0 Å². The van der Waals surface area contributed by atoms with Crippen molar-refractivity contribution in [2.45, 2.75) is 12.6 Å². The molecule has 1 aliphatic rings. The second-order valence-electron chi connectivity index (χ2n) is 8.19. The number of carbonyl (C=O) groups is 2. The molecule has 0 spiro atoms. The van der Waals surface area contributed by atoms with Crippen LogP contribution in [0.25, 0.3) is 5.76 Å². The maximum Gasteiger partial charge on any atom is 0.295 e. The summed E-state index contributed by atoms with van der Waals surface area (Å²) in [5, 5.41) is 22.2. The number of amides is 1. The predicted molar refractivity (Wildman–Crippen MR) is 133 cm³/mol. The minimum absolute atomic E-state index is 0.0740. The Balaban J connectivity index is 1.86. The zero-order chi connectivity index (χ0) is 26.7. The summed E-state index contributed by atoms with van der Waals surface area (Å²) in [5.41, 5.74) is 1.10. The van der Waals surface area contributed by atoms with E-state index in [4.69, 9.17) is 14.2 Å². The zero-order valence-corrected chi connectivity index (χ0v) is 20.3. The Hall–Kier alpha value is -4.86. The lowest BCUT2D eigenvalue weighted by Crippen LogP contribution is -2.29. The summed E-state index contributed by atoms with van der Waals surface area (Å²) in [4.78, 5) is 38.3. The number of ether oxygens (including phenoxy) is 3. The number of hydrogen-bond donors (Lipinski definition) is 1. The number of nitrogens with zero attached hydrogens (tertiary/aromatic N) is 2. The summed E-state index contributed by atoms with van der Waals surface area (Å²) < 4.78 is 15.9. The van der Waals surface area contributed by atoms with Crippen molar-refractivity contribution in [3.05, 3.63) is 99.1 Å². The fourth-order valence-electron chi connectivity index (χ4n) is 4.24. The Bertz CT molecular complexity index is 1380. The topological polar surface area (TPSA) is 128 Å². The second-order valence-corrected chi connectivity index (χ2v) is 8.19. The molecule has 1 fully saturated rings. The van der Waals surface area contributed by atoms with Gasteiger partial charge in [-0.3, -0.25) is 19.7 Å². The quantitative estimate of drug-likeness (QED) is 0.159. The van der Waals surface area contributed by atoms with Gasteiger partial charge in [0, 0.05) is 24.2 Å². The first kappa shape index (κ1) is 25.2. The molecular formula is C27H24N2O8. The van der Waals surface area contributed by atoms with Gasteiger partial charge < -0.3 is 24.2 Å². The molecule has 1 saturated heterocycles. The molecule has 4 rings (SSSR count). The minimum Gasteiger partial charge on any atom is -0.507 e. The highest BCUT2D eigenvalue weighted by atomic mass is 16.6. The summed E-state index contributed by atoms with van der Waals surface area (Å²) in [7, 11) is 4.50. The van der Waals surface area contributed by atoms with Crippen molar-refractivity contribution in [2.24, 2.45) is 0 Å². The number of methoxy groups -OCH3 is 3. The molecule has 1 aliphatic heterocycles. The first-order chi connectivity index (χ1) is 17.8. The molecule has 0 saturated carbocycles. The lowest BCUT2D eigenvalue weighted by molar-refractivity contribution is -0.384. The average molecular weight is 504 g/mol. The van der Waals surface area contributed by atoms with E-state index in [0.29, 0.717) is 22.8 Å². The lowest BCUT2D eigenvalue weighted by Gasteiger charge is -2.26. The first-order valence-corrected chi connectivity index (χ1v) is 11.2. The highest BCUT2D eigenvalue weighted by Gasteiger charge is 2.46. The lowest BCUT2D eigenvalue weighted by atomic mass is 9.94. The molecule has 37 heavy (non-hydrogen) atoms. The number of hydrogen-bond acceptors (Lipinski definition) is 8. The summed E-state index contributed by atoms with van der Waals surface area (Å²) in [6, 6.07) is 16.1. The number of ketones is 1. The SMILES string of the molecule is COc1ccc(CN2C(=O)C(=O)/C(=C(\O)c3ccc([N+](=O)[O-])cc3)C2c2ccc(OC)c(OC)c2)cc1. The molecule has 0 bridgehead atoms. The molecule has 0 aliphatic carbocycles. The van der Waals surface area contributed by atoms with Crippen LogP contribution in [0.4, 0.5) is 5.69 Å². The zero-order valence-electron chi connectivity index (χ0n) is 20.3. The van der Waals surface area contributed by atoms with Crippen LogP contribution < -0.4 is 14.2 Å². The molecule has 3 aromatic rings. The number of Topliss-reactive ketones (excluding diaryl/α,β-unsaturated/α-hetero) is 1. The standard InChI is InChI=1S/C27H24N2O8/c1-35-20-11-4-16(5-12-20)15-28-24(18-8-13-21(36-2)22(14-18)37-3)23(26(31)27(28)32)25(30)17-6-9-19(10-7-17)29(33)34/h4-14,24,30H,15H2,1-3H3/b25-23-. The van der Waals surface area contributed by atoms with Crippen LogP contribution in [-0.4, -0.2) is 47.9 Å². The van der Waals surface area contributed by atoms with Crippen molar-refractivity contribution in [2.75, 3.05) is 21.3 Å². The van der Waals surface area contributed by atoms with E-state index in [1.807, 2.05) is 0 Å². The average Bonchev–Trinajstić information content (AvgIpc) is 3.17. The first-order valence-electron chi connectivity index (χ1n) is 11.2. The van der Waals surface area contributed by atoms with Gasteiger partial charge in [-0.2, -0.15) is 0 Å². The van der Waals surface area contributed by atoms with Crippen molar-refractivity contribution in [1.82, 2.24) is 4.90 Å². The van der Waals surface area contributed by atoms with Crippen LogP contribution >= 0.6 is 0 Å². The molecule has 10 heteroatoms. The van der Waals surface area contributed by atoms with Crippen LogP contribution in [0.2, 0.25) is 0 Å². The van der Waals surface area contributed by atoms with E-state index in [1.54, 1.807) is 49.6 Å². The van der Waals surface area contributed by atoms with Crippen LogP contribution in [0.5, 0.6) is 17.2 Å². The van der Waals surface area contributed by atoms with E-state index < -0.39 is 28.4 Å². The summed E-state index contributed by atoms with van der Waals surface area (Å²) in [5.74, 6) is -0.631.